The van der Waals surface area contributed by atoms with Crippen LogP contribution in [0, 0.1) is 0 Å². The number of para-hydroxylation sites is 1. The molecule has 0 bridgehead atoms. The summed E-state index contributed by atoms with van der Waals surface area (Å²) in [5, 5.41) is 7.10. The first-order chi connectivity index (χ1) is 11.7. The molecule has 0 amide bonds. The van der Waals surface area contributed by atoms with E-state index in [1.807, 2.05) is 30.3 Å². The maximum absolute atomic E-state index is 6.06. The highest BCUT2D eigenvalue weighted by Crippen LogP contribution is 2.23. The zero-order valence-corrected chi connectivity index (χ0v) is 14.7. The van der Waals surface area contributed by atoms with Gasteiger partial charge in [0.1, 0.15) is 10.9 Å². The summed E-state index contributed by atoms with van der Waals surface area (Å²) in [7, 11) is 0. The fraction of sp³-hybridized carbons (Fsp3) is 0.353. The molecule has 1 heterocycles. The fourth-order valence-electron chi connectivity index (χ4n) is 2.68. The van der Waals surface area contributed by atoms with E-state index >= 15 is 0 Å². The Kier molecular flexibility index (Phi) is 5.82. The average molecular weight is 363 g/mol. The van der Waals surface area contributed by atoms with Gasteiger partial charge in [0.2, 0.25) is 11.8 Å². The van der Waals surface area contributed by atoms with E-state index in [0.29, 0.717) is 33.9 Å². The van der Waals surface area contributed by atoms with Gasteiger partial charge in [0, 0.05) is 12.1 Å². The van der Waals surface area contributed by atoms with Gasteiger partial charge in [0.25, 0.3) is 0 Å². The third kappa shape index (κ3) is 5.04. The van der Waals surface area contributed by atoms with Crippen molar-refractivity contribution in [3.63, 3.8) is 0 Å². The van der Waals surface area contributed by atoms with Crippen LogP contribution in [0.15, 0.2) is 36.4 Å². The van der Waals surface area contributed by atoms with Crippen LogP contribution in [0.2, 0.25) is 5.15 Å². The molecule has 1 aromatic heterocycles. The molecule has 0 aliphatic heterocycles. The number of benzene rings is 1. The van der Waals surface area contributed by atoms with Crippen LogP contribution in [-0.2, 0) is 0 Å². The number of ether oxygens (including phenoxy) is 1. The SMILES string of the molecule is S=C(Nc1nc(Cl)cc(Oc2ccccc2)n1)NC1CCCCC1. The highest BCUT2D eigenvalue weighted by atomic mass is 35.5. The normalized spacial score (nSPS) is 14.9. The summed E-state index contributed by atoms with van der Waals surface area (Å²) >= 11 is 11.4. The predicted molar refractivity (Wildman–Crippen MR) is 99.8 cm³/mol. The topological polar surface area (TPSA) is 59.1 Å². The minimum Gasteiger partial charge on any atom is -0.439 e. The van der Waals surface area contributed by atoms with E-state index < -0.39 is 0 Å². The smallest absolute Gasteiger partial charge is 0.233 e. The Hall–Kier alpha value is -1.92. The number of hydrogen-bond acceptors (Lipinski definition) is 4. The lowest BCUT2D eigenvalue weighted by Crippen LogP contribution is -2.39. The first-order valence-corrected chi connectivity index (χ1v) is 8.83. The third-order valence-corrected chi connectivity index (χ3v) is 4.22. The highest BCUT2D eigenvalue weighted by Gasteiger charge is 2.15. The number of anilines is 1. The molecule has 0 radical (unpaired) electrons. The van der Waals surface area contributed by atoms with Gasteiger partial charge in [0.05, 0.1) is 0 Å². The van der Waals surface area contributed by atoms with Gasteiger partial charge in [-0.05, 0) is 37.2 Å². The maximum Gasteiger partial charge on any atom is 0.233 e. The second kappa shape index (κ2) is 8.26. The Labute approximate surface area is 151 Å². The van der Waals surface area contributed by atoms with Crippen molar-refractivity contribution in [3.8, 4) is 11.6 Å². The van der Waals surface area contributed by atoms with Crippen LogP contribution >= 0.6 is 23.8 Å². The summed E-state index contributed by atoms with van der Waals surface area (Å²) < 4.78 is 5.69. The molecule has 2 N–H and O–H groups in total. The van der Waals surface area contributed by atoms with Crippen LogP contribution in [0.4, 0.5) is 5.95 Å². The van der Waals surface area contributed by atoms with E-state index in [9.17, 15) is 0 Å². The van der Waals surface area contributed by atoms with Crippen molar-refractivity contribution >= 4 is 34.9 Å². The minimum absolute atomic E-state index is 0.291. The third-order valence-electron chi connectivity index (χ3n) is 3.80. The molecular weight excluding hydrogens is 344 g/mol. The van der Waals surface area contributed by atoms with Crippen molar-refractivity contribution in [1.82, 2.24) is 15.3 Å². The molecule has 1 saturated carbocycles. The number of aromatic nitrogens is 2. The molecule has 1 aromatic carbocycles. The van der Waals surface area contributed by atoms with E-state index in [-0.39, 0.29) is 0 Å². The standard InChI is InChI=1S/C17H19ClN4OS/c18-14-11-15(23-13-9-5-2-6-10-13)21-16(20-14)22-17(24)19-12-7-3-1-4-8-12/h2,5-6,9-12H,1,3-4,7-8H2,(H2,19,20,21,22,24). The predicted octanol–water partition coefficient (Wildman–Crippen LogP) is 4.54. The molecule has 1 fully saturated rings. The molecule has 0 atom stereocenters. The second-order valence-electron chi connectivity index (χ2n) is 5.70. The molecule has 126 valence electrons. The molecular formula is C17H19ClN4OS. The Bertz CT molecular complexity index is 692. The summed E-state index contributed by atoms with van der Waals surface area (Å²) in [6.45, 7) is 0. The van der Waals surface area contributed by atoms with E-state index in [2.05, 4.69) is 20.6 Å². The maximum atomic E-state index is 6.06. The molecule has 3 rings (SSSR count). The van der Waals surface area contributed by atoms with Crippen molar-refractivity contribution in [3.05, 3.63) is 41.6 Å². The Morgan fingerprint density at radius 2 is 1.88 bits per heavy atom. The second-order valence-corrected chi connectivity index (χ2v) is 6.50. The summed E-state index contributed by atoms with van der Waals surface area (Å²) in [5.41, 5.74) is 0. The van der Waals surface area contributed by atoms with Gasteiger partial charge in [-0.2, -0.15) is 4.98 Å². The van der Waals surface area contributed by atoms with Crippen LogP contribution in [0.5, 0.6) is 11.6 Å². The number of thiocarbonyl (C=S) groups is 1. The first-order valence-electron chi connectivity index (χ1n) is 8.04. The quantitative estimate of drug-likeness (QED) is 0.615. The fourth-order valence-corrected chi connectivity index (χ4v) is 3.12. The van der Waals surface area contributed by atoms with Crippen molar-refractivity contribution in [2.24, 2.45) is 0 Å². The minimum atomic E-state index is 0.291. The number of nitrogens with zero attached hydrogens (tertiary/aromatic N) is 2. The van der Waals surface area contributed by atoms with E-state index in [1.165, 1.54) is 19.3 Å². The van der Waals surface area contributed by atoms with Gasteiger partial charge < -0.3 is 15.4 Å². The van der Waals surface area contributed by atoms with E-state index in [1.54, 1.807) is 6.07 Å². The molecule has 5 nitrogen and oxygen atoms in total. The monoisotopic (exact) mass is 362 g/mol. The van der Waals surface area contributed by atoms with Crippen LogP contribution in [0.3, 0.4) is 0 Å². The molecule has 0 unspecified atom stereocenters. The summed E-state index contributed by atoms with van der Waals surface area (Å²) in [5.74, 6) is 1.37. The molecule has 24 heavy (non-hydrogen) atoms. The Morgan fingerprint density at radius 1 is 1.12 bits per heavy atom. The first kappa shape index (κ1) is 16.9. The van der Waals surface area contributed by atoms with E-state index in [4.69, 9.17) is 28.6 Å². The molecule has 0 saturated heterocycles. The lowest BCUT2D eigenvalue weighted by atomic mass is 9.96. The zero-order valence-electron chi connectivity index (χ0n) is 13.2. The van der Waals surface area contributed by atoms with Crippen molar-refractivity contribution < 1.29 is 4.74 Å². The Balaban J connectivity index is 1.63. The molecule has 1 aliphatic carbocycles. The highest BCUT2D eigenvalue weighted by molar-refractivity contribution is 7.80. The molecule has 1 aliphatic rings. The van der Waals surface area contributed by atoms with Crippen molar-refractivity contribution in [2.45, 2.75) is 38.1 Å². The van der Waals surface area contributed by atoms with Gasteiger partial charge >= 0.3 is 0 Å². The van der Waals surface area contributed by atoms with Gasteiger partial charge in [-0.15, -0.1) is 0 Å². The van der Waals surface area contributed by atoms with Crippen LogP contribution in [-0.4, -0.2) is 21.1 Å². The van der Waals surface area contributed by atoms with E-state index in [0.717, 1.165) is 12.8 Å². The lowest BCUT2D eigenvalue weighted by Gasteiger charge is -2.24. The van der Waals surface area contributed by atoms with Gasteiger partial charge in [0.15, 0.2) is 5.11 Å². The lowest BCUT2D eigenvalue weighted by molar-refractivity contribution is 0.414. The van der Waals surface area contributed by atoms with Crippen molar-refractivity contribution in [1.29, 1.82) is 0 Å². The molecule has 2 aromatic rings. The van der Waals surface area contributed by atoms with Crippen LogP contribution < -0.4 is 15.4 Å². The molecule has 7 heteroatoms. The number of rotatable bonds is 4. The summed E-state index contributed by atoms with van der Waals surface area (Å²) in [6, 6.07) is 11.4. The largest absolute Gasteiger partial charge is 0.439 e. The zero-order chi connectivity index (χ0) is 16.8. The number of nitrogens with one attached hydrogen (secondary N) is 2. The summed E-state index contributed by atoms with van der Waals surface area (Å²) in [4.78, 5) is 8.45. The molecule has 0 spiro atoms. The van der Waals surface area contributed by atoms with Gasteiger partial charge in [-0.1, -0.05) is 49.1 Å². The van der Waals surface area contributed by atoms with Crippen LogP contribution in [0.25, 0.3) is 0 Å². The van der Waals surface area contributed by atoms with Crippen molar-refractivity contribution in [2.75, 3.05) is 5.32 Å². The van der Waals surface area contributed by atoms with Gasteiger partial charge in [-0.3, -0.25) is 0 Å². The van der Waals surface area contributed by atoms with Gasteiger partial charge in [-0.25, -0.2) is 4.98 Å². The summed E-state index contributed by atoms with van der Waals surface area (Å²) in [6.07, 6.45) is 6.06. The Morgan fingerprint density at radius 3 is 2.62 bits per heavy atom. The van der Waals surface area contributed by atoms with Crippen LogP contribution in [0.1, 0.15) is 32.1 Å². The number of hydrogen-bond donors (Lipinski definition) is 2. The number of halogens is 1. The average Bonchev–Trinajstić information content (AvgIpc) is 2.56.